The monoisotopic (exact) mass is 247 g/mol. The maximum Gasteiger partial charge on any atom is 0.281 e. The van der Waals surface area contributed by atoms with Crippen molar-refractivity contribution < 1.29 is 8.78 Å². The second-order valence-corrected chi connectivity index (χ2v) is 3.06. The van der Waals surface area contributed by atoms with Crippen LogP contribution in [0.5, 0.6) is 0 Å². The molecule has 0 bridgehead atoms. The highest BCUT2D eigenvalue weighted by atomic mass is 79.9. The average molecular weight is 248 g/mol. The highest BCUT2D eigenvalue weighted by Gasteiger charge is 2.15. The molecule has 1 rings (SSSR count). The Balaban J connectivity index is 3.31. The van der Waals surface area contributed by atoms with E-state index in [1.807, 2.05) is 0 Å². The van der Waals surface area contributed by atoms with Crippen LogP contribution in [-0.2, 0) is 0 Å². The topological polar surface area (TPSA) is 62.7 Å². The number of hydrogen-bond acceptors (Lipinski definition) is 3. The third-order valence-corrected chi connectivity index (χ3v) is 1.99. The molecule has 1 heterocycles. The van der Waals surface area contributed by atoms with E-state index in [0.29, 0.717) is 0 Å². The summed E-state index contributed by atoms with van der Waals surface area (Å²) < 4.78 is 24.5. The lowest BCUT2D eigenvalue weighted by atomic mass is 10.2. The molecule has 2 N–H and O–H groups in total. The minimum absolute atomic E-state index is 0.0799. The number of nitriles is 1. The van der Waals surface area contributed by atoms with E-state index in [2.05, 4.69) is 20.9 Å². The highest BCUT2D eigenvalue weighted by Crippen LogP contribution is 2.27. The molecule has 68 valence electrons. The van der Waals surface area contributed by atoms with Crippen LogP contribution >= 0.6 is 15.9 Å². The summed E-state index contributed by atoms with van der Waals surface area (Å²) in [5, 5.41) is 8.49. The fourth-order valence-corrected chi connectivity index (χ4v) is 1.25. The lowest BCUT2D eigenvalue weighted by Crippen LogP contribution is -2.00. The summed E-state index contributed by atoms with van der Waals surface area (Å²) in [6, 6.07) is 2.97. The van der Waals surface area contributed by atoms with Gasteiger partial charge in [-0.2, -0.15) is 5.26 Å². The summed E-state index contributed by atoms with van der Waals surface area (Å²) in [6.45, 7) is 0. The molecule has 0 spiro atoms. The van der Waals surface area contributed by atoms with E-state index in [4.69, 9.17) is 11.0 Å². The van der Waals surface area contributed by atoms with Crippen molar-refractivity contribution in [3.63, 3.8) is 0 Å². The van der Waals surface area contributed by atoms with Gasteiger partial charge in [0.2, 0.25) is 0 Å². The second kappa shape index (κ2) is 3.66. The Morgan fingerprint density at radius 2 is 2.23 bits per heavy atom. The first-order valence-electron chi connectivity index (χ1n) is 3.20. The van der Waals surface area contributed by atoms with Gasteiger partial charge in [-0.3, -0.25) is 0 Å². The predicted octanol–water partition coefficient (Wildman–Crippen LogP) is 2.24. The SMILES string of the molecule is N#Cc1cc(Br)c(C(F)F)nc1N. The largest absolute Gasteiger partial charge is 0.383 e. The number of hydrogen-bond donors (Lipinski definition) is 1. The van der Waals surface area contributed by atoms with Gasteiger partial charge in [-0.25, -0.2) is 13.8 Å². The van der Waals surface area contributed by atoms with Crippen LogP contribution in [-0.4, -0.2) is 4.98 Å². The molecule has 1 aromatic heterocycles. The van der Waals surface area contributed by atoms with Gasteiger partial charge in [0.25, 0.3) is 6.43 Å². The van der Waals surface area contributed by atoms with E-state index >= 15 is 0 Å². The van der Waals surface area contributed by atoms with E-state index in [1.54, 1.807) is 6.07 Å². The lowest BCUT2D eigenvalue weighted by molar-refractivity contribution is 0.145. The molecule has 3 nitrogen and oxygen atoms in total. The van der Waals surface area contributed by atoms with E-state index in [9.17, 15) is 8.78 Å². The minimum Gasteiger partial charge on any atom is -0.383 e. The normalized spacial score (nSPS) is 10.1. The average Bonchev–Trinajstić information content (AvgIpc) is 2.07. The summed E-state index contributed by atoms with van der Waals surface area (Å²) in [5.41, 5.74) is 4.88. The molecule has 0 amide bonds. The van der Waals surface area contributed by atoms with Crippen molar-refractivity contribution >= 4 is 21.7 Å². The lowest BCUT2D eigenvalue weighted by Gasteiger charge is -2.04. The summed E-state index contributed by atoms with van der Waals surface area (Å²) in [4.78, 5) is 3.40. The molecule has 0 atom stereocenters. The van der Waals surface area contributed by atoms with Crippen molar-refractivity contribution in [3.8, 4) is 6.07 Å². The van der Waals surface area contributed by atoms with Gasteiger partial charge >= 0.3 is 0 Å². The number of halogens is 3. The molecule has 0 aromatic carbocycles. The molecule has 0 unspecified atom stereocenters. The zero-order valence-electron chi connectivity index (χ0n) is 6.26. The van der Waals surface area contributed by atoms with E-state index in [0.717, 1.165) is 0 Å². The van der Waals surface area contributed by atoms with Crippen molar-refractivity contribution in [3.05, 3.63) is 21.8 Å². The van der Waals surface area contributed by atoms with Crippen LogP contribution in [0, 0.1) is 11.3 Å². The number of rotatable bonds is 1. The Morgan fingerprint density at radius 3 is 2.69 bits per heavy atom. The van der Waals surface area contributed by atoms with Gasteiger partial charge in [0.15, 0.2) is 0 Å². The van der Waals surface area contributed by atoms with E-state index in [1.165, 1.54) is 6.07 Å². The standard InChI is InChI=1S/C7H4BrF2N3/c8-4-1-3(2-11)7(12)13-5(4)6(9)10/h1,6H,(H2,12,13). The summed E-state index contributed by atoms with van der Waals surface area (Å²) in [7, 11) is 0. The number of anilines is 1. The Morgan fingerprint density at radius 1 is 1.62 bits per heavy atom. The van der Waals surface area contributed by atoms with Crippen molar-refractivity contribution in [1.82, 2.24) is 4.98 Å². The van der Waals surface area contributed by atoms with Crippen LogP contribution < -0.4 is 5.73 Å². The van der Waals surface area contributed by atoms with Crippen molar-refractivity contribution in [2.24, 2.45) is 0 Å². The Hall–Kier alpha value is -1.22. The number of nitrogens with zero attached hydrogens (tertiary/aromatic N) is 2. The van der Waals surface area contributed by atoms with Crippen LogP contribution in [0.25, 0.3) is 0 Å². The molecule has 0 saturated carbocycles. The number of nitrogens with two attached hydrogens (primary N) is 1. The smallest absolute Gasteiger partial charge is 0.281 e. The molecular weight excluding hydrogens is 244 g/mol. The maximum atomic E-state index is 12.2. The predicted molar refractivity (Wildman–Crippen MR) is 46.0 cm³/mol. The molecule has 6 heteroatoms. The van der Waals surface area contributed by atoms with Crippen molar-refractivity contribution in [2.45, 2.75) is 6.43 Å². The molecule has 0 radical (unpaired) electrons. The molecule has 1 aromatic rings. The molecule has 0 aliphatic heterocycles. The van der Waals surface area contributed by atoms with Crippen LogP contribution in [0.2, 0.25) is 0 Å². The van der Waals surface area contributed by atoms with Crippen molar-refractivity contribution in [1.29, 1.82) is 5.26 Å². The maximum absolute atomic E-state index is 12.2. The van der Waals surface area contributed by atoms with E-state index < -0.39 is 12.1 Å². The number of alkyl halides is 2. The highest BCUT2D eigenvalue weighted by molar-refractivity contribution is 9.10. The third kappa shape index (κ3) is 1.92. The molecule has 0 fully saturated rings. The summed E-state index contributed by atoms with van der Waals surface area (Å²) in [5.74, 6) is -0.180. The van der Waals surface area contributed by atoms with Crippen LogP contribution in [0.3, 0.4) is 0 Å². The zero-order valence-corrected chi connectivity index (χ0v) is 7.85. The first-order valence-corrected chi connectivity index (χ1v) is 3.99. The quantitative estimate of drug-likeness (QED) is 0.828. The molecule has 0 aliphatic rings. The van der Waals surface area contributed by atoms with Gasteiger partial charge < -0.3 is 5.73 Å². The molecular formula is C7H4BrF2N3. The first kappa shape index (κ1) is 9.86. The van der Waals surface area contributed by atoms with Crippen molar-refractivity contribution in [2.75, 3.05) is 5.73 Å². The van der Waals surface area contributed by atoms with Crippen LogP contribution in [0.1, 0.15) is 17.7 Å². The Kier molecular flexibility index (Phi) is 2.78. The fourth-order valence-electron chi connectivity index (χ4n) is 0.761. The van der Waals surface area contributed by atoms with Gasteiger partial charge in [-0.1, -0.05) is 0 Å². The third-order valence-electron chi connectivity index (χ3n) is 1.36. The number of pyridine rings is 1. The summed E-state index contributed by atoms with van der Waals surface area (Å²) in [6.07, 6.45) is -2.70. The fraction of sp³-hybridized carbons (Fsp3) is 0.143. The number of nitrogen functional groups attached to an aromatic ring is 1. The molecule has 0 saturated heterocycles. The van der Waals surface area contributed by atoms with Gasteiger partial charge in [0.05, 0.1) is 5.56 Å². The van der Waals surface area contributed by atoms with Gasteiger partial charge in [0, 0.05) is 4.47 Å². The second-order valence-electron chi connectivity index (χ2n) is 2.20. The van der Waals surface area contributed by atoms with Crippen LogP contribution in [0.15, 0.2) is 10.5 Å². The van der Waals surface area contributed by atoms with Gasteiger partial charge in [-0.05, 0) is 22.0 Å². The minimum atomic E-state index is -2.70. The van der Waals surface area contributed by atoms with E-state index in [-0.39, 0.29) is 15.9 Å². The Bertz CT molecular complexity index is 373. The Labute approximate surface area is 81.3 Å². The van der Waals surface area contributed by atoms with Crippen LogP contribution in [0.4, 0.5) is 14.6 Å². The molecule has 0 aliphatic carbocycles. The number of aromatic nitrogens is 1. The van der Waals surface area contributed by atoms with Gasteiger partial charge in [0.1, 0.15) is 17.6 Å². The first-order chi connectivity index (χ1) is 6.06. The molecule has 13 heavy (non-hydrogen) atoms. The zero-order chi connectivity index (χ0) is 10.0. The van der Waals surface area contributed by atoms with Gasteiger partial charge in [-0.15, -0.1) is 0 Å². The summed E-state index contributed by atoms with van der Waals surface area (Å²) >= 11 is 2.87.